The van der Waals surface area contributed by atoms with Crippen molar-refractivity contribution >= 4 is 0 Å². The van der Waals surface area contributed by atoms with Crippen LogP contribution in [-0.2, 0) is 38.5 Å². The second kappa shape index (κ2) is 12.9. The van der Waals surface area contributed by atoms with Crippen LogP contribution in [-0.4, -0.2) is 30.6 Å². The molecule has 6 heteroatoms. The molecule has 3 N–H and O–H groups in total. The molecule has 0 bridgehead atoms. The largest absolute Gasteiger partial charge is 0.282 e. The predicted molar refractivity (Wildman–Crippen MR) is 141 cm³/mol. The molecule has 0 radical (unpaired) electrons. The molecule has 6 nitrogen and oxygen atoms in total. The lowest BCUT2D eigenvalue weighted by Crippen LogP contribution is -2.15. The van der Waals surface area contributed by atoms with Gasteiger partial charge in [-0.3, -0.25) is 15.3 Å². The van der Waals surface area contributed by atoms with Crippen molar-refractivity contribution in [2.45, 2.75) is 125 Å². The number of H-pyrrole nitrogens is 3. The minimum absolute atomic E-state index is 0.116. The highest BCUT2D eigenvalue weighted by atomic mass is 15.1. The fraction of sp³-hybridized carbons (Fsp3) is 0.679. The van der Waals surface area contributed by atoms with Gasteiger partial charge in [-0.15, -0.1) is 0 Å². The normalized spacial score (nSPS) is 11.7. The third kappa shape index (κ3) is 5.47. The SMILES string of the molecule is CCCc1n[nH]c(CCC)c1C(c1c(CCC)n[nH]c1CCC)c1c(CCC)n[nH]c1CCC. The Kier molecular flexibility index (Phi) is 9.97. The fourth-order valence-electron chi connectivity index (χ4n) is 5.35. The number of aryl methyl sites for hydroxylation is 6. The summed E-state index contributed by atoms with van der Waals surface area (Å²) >= 11 is 0. The van der Waals surface area contributed by atoms with Gasteiger partial charge in [0.2, 0.25) is 0 Å². The topological polar surface area (TPSA) is 86.0 Å². The number of hydrogen-bond acceptors (Lipinski definition) is 3. The Morgan fingerprint density at radius 2 is 0.706 bits per heavy atom. The summed E-state index contributed by atoms with van der Waals surface area (Å²) in [7, 11) is 0. The van der Waals surface area contributed by atoms with Crippen molar-refractivity contribution in [1.82, 2.24) is 30.6 Å². The smallest absolute Gasteiger partial charge is 0.0666 e. The van der Waals surface area contributed by atoms with E-state index in [0.29, 0.717) is 0 Å². The van der Waals surface area contributed by atoms with Crippen molar-refractivity contribution in [2.24, 2.45) is 0 Å². The molecule has 3 aromatic heterocycles. The fourth-order valence-corrected chi connectivity index (χ4v) is 5.35. The Morgan fingerprint density at radius 1 is 0.441 bits per heavy atom. The molecule has 0 amide bonds. The first-order valence-corrected chi connectivity index (χ1v) is 13.8. The molecule has 0 aliphatic heterocycles. The van der Waals surface area contributed by atoms with E-state index in [4.69, 9.17) is 15.3 Å². The Hall–Kier alpha value is -2.37. The van der Waals surface area contributed by atoms with Gasteiger partial charge in [0.1, 0.15) is 0 Å². The molecule has 0 aliphatic rings. The molecule has 3 aromatic rings. The summed E-state index contributed by atoms with van der Waals surface area (Å²) in [5, 5.41) is 25.0. The van der Waals surface area contributed by atoms with E-state index in [0.717, 1.165) is 77.0 Å². The van der Waals surface area contributed by atoms with Crippen molar-refractivity contribution in [3.05, 3.63) is 50.9 Å². The molecule has 34 heavy (non-hydrogen) atoms. The summed E-state index contributed by atoms with van der Waals surface area (Å²) in [5.74, 6) is 0.116. The van der Waals surface area contributed by atoms with Crippen LogP contribution in [0, 0.1) is 0 Å². The van der Waals surface area contributed by atoms with Gasteiger partial charge in [-0.25, -0.2) is 0 Å². The van der Waals surface area contributed by atoms with Crippen LogP contribution in [0.1, 0.15) is 137 Å². The summed E-state index contributed by atoms with van der Waals surface area (Å²) < 4.78 is 0. The number of aromatic amines is 3. The third-order valence-electron chi connectivity index (χ3n) is 6.71. The standard InChI is InChI=1S/C28H46N6/c1-7-13-19-25(20(14-8-2)30-29-19)28(26-21(15-9-3)31-32-22(26)16-10-4)27-23(17-11-5)33-34-24(27)18-12-6/h28H,7-18H2,1-6H3,(H,29,30)(H,31,32)(H,33,34). The van der Waals surface area contributed by atoms with E-state index >= 15 is 0 Å². The van der Waals surface area contributed by atoms with Crippen LogP contribution >= 0.6 is 0 Å². The first kappa shape index (κ1) is 26.2. The first-order chi connectivity index (χ1) is 16.6. The monoisotopic (exact) mass is 466 g/mol. The van der Waals surface area contributed by atoms with E-state index in [1.807, 2.05) is 0 Å². The van der Waals surface area contributed by atoms with Gasteiger partial charge >= 0.3 is 0 Å². The third-order valence-corrected chi connectivity index (χ3v) is 6.71. The van der Waals surface area contributed by atoms with Gasteiger partial charge in [-0.05, 0) is 38.5 Å². The van der Waals surface area contributed by atoms with Gasteiger partial charge in [-0.2, -0.15) is 15.3 Å². The molecule has 3 rings (SSSR count). The molecule has 0 aromatic carbocycles. The molecule has 0 fully saturated rings. The number of rotatable bonds is 15. The van der Waals surface area contributed by atoms with E-state index in [9.17, 15) is 0 Å². The quantitative estimate of drug-likeness (QED) is 0.231. The first-order valence-electron chi connectivity index (χ1n) is 13.8. The van der Waals surface area contributed by atoms with Crippen LogP contribution in [0.4, 0.5) is 0 Å². The lowest BCUT2D eigenvalue weighted by Gasteiger charge is -2.23. The number of nitrogens with zero attached hydrogens (tertiary/aromatic N) is 3. The van der Waals surface area contributed by atoms with Crippen molar-refractivity contribution in [3.8, 4) is 0 Å². The summed E-state index contributed by atoms with van der Waals surface area (Å²) in [5.41, 5.74) is 11.7. The average Bonchev–Trinajstić information content (AvgIpc) is 3.51. The Bertz CT molecular complexity index is 809. The van der Waals surface area contributed by atoms with Gasteiger partial charge in [0, 0.05) is 39.7 Å². The molecular weight excluding hydrogens is 420 g/mol. The molecule has 0 aliphatic carbocycles. The highest BCUT2D eigenvalue weighted by molar-refractivity contribution is 5.53. The van der Waals surface area contributed by atoms with Crippen LogP contribution in [0.5, 0.6) is 0 Å². The maximum Gasteiger partial charge on any atom is 0.0666 e. The molecular formula is C28H46N6. The van der Waals surface area contributed by atoms with Gasteiger partial charge in [-0.1, -0.05) is 80.1 Å². The van der Waals surface area contributed by atoms with Crippen LogP contribution in [0.25, 0.3) is 0 Å². The Balaban J connectivity index is 2.38. The lowest BCUT2D eigenvalue weighted by atomic mass is 9.78. The summed E-state index contributed by atoms with van der Waals surface area (Å²) in [6.07, 6.45) is 12.5. The zero-order valence-corrected chi connectivity index (χ0v) is 22.4. The Morgan fingerprint density at radius 3 is 0.941 bits per heavy atom. The van der Waals surface area contributed by atoms with E-state index < -0.39 is 0 Å². The van der Waals surface area contributed by atoms with Crippen molar-refractivity contribution in [3.63, 3.8) is 0 Å². The second-order valence-corrected chi connectivity index (χ2v) is 9.62. The molecule has 0 atom stereocenters. The maximum atomic E-state index is 4.88. The maximum absolute atomic E-state index is 4.88. The Labute approximate surface area is 206 Å². The highest BCUT2D eigenvalue weighted by Gasteiger charge is 2.34. The van der Waals surface area contributed by atoms with Gasteiger partial charge < -0.3 is 0 Å². The number of nitrogens with one attached hydrogen (secondary N) is 3. The minimum Gasteiger partial charge on any atom is -0.282 e. The molecule has 0 saturated carbocycles. The van der Waals surface area contributed by atoms with E-state index in [2.05, 4.69) is 56.8 Å². The van der Waals surface area contributed by atoms with E-state index in [-0.39, 0.29) is 5.92 Å². The summed E-state index contributed by atoms with van der Waals surface area (Å²) in [6, 6.07) is 0. The predicted octanol–water partition coefficient (Wildman–Crippen LogP) is 6.75. The minimum atomic E-state index is 0.116. The van der Waals surface area contributed by atoms with Crippen molar-refractivity contribution < 1.29 is 0 Å². The number of aromatic nitrogens is 6. The van der Waals surface area contributed by atoms with Gasteiger partial charge in [0.05, 0.1) is 17.1 Å². The average molecular weight is 467 g/mol. The molecule has 0 saturated heterocycles. The zero-order valence-electron chi connectivity index (χ0n) is 22.4. The zero-order chi connectivity index (χ0) is 24.5. The highest BCUT2D eigenvalue weighted by Crippen LogP contribution is 2.42. The van der Waals surface area contributed by atoms with Gasteiger partial charge in [0.15, 0.2) is 0 Å². The van der Waals surface area contributed by atoms with Crippen LogP contribution in [0.3, 0.4) is 0 Å². The molecule has 0 spiro atoms. The van der Waals surface area contributed by atoms with Crippen LogP contribution in [0.2, 0.25) is 0 Å². The summed E-state index contributed by atoms with van der Waals surface area (Å²) in [4.78, 5) is 0. The van der Waals surface area contributed by atoms with E-state index in [1.165, 1.54) is 50.9 Å². The van der Waals surface area contributed by atoms with Crippen molar-refractivity contribution in [1.29, 1.82) is 0 Å². The summed E-state index contributed by atoms with van der Waals surface area (Å²) in [6.45, 7) is 13.5. The molecule has 3 heterocycles. The lowest BCUT2D eigenvalue weighted by molar-refractivity contribution is 0.778. The molecule has 188 valence electrons. The number of hydrogen-bond donors (Lipinski definition) is 3. The van der Waals surface area contributed by atoms with Crippen LogP contribution < -0.4 is 0 Å². The van der Waals surface area contributed by atoms with Crippen molar-refractivity contribution in [2.75, 3.05) is 0 Å². The molecule has 0 unspecified atom stereocenters. The second-order valence-electron chi connectivity index (χ2n) is 9.62. The van der Waals surface area contributed by atoms with E-state index in [1.54, 1.807) is 0 Å². The van der Waals surface area contributed by atoms with Gasteiger partial charge in [0.25, 0.3) is 0 Å². The van der Waals surface area contributed by atoms with Crippen LogP contribution in [0.15, 0.2) is 0 Å².